The number of nitrogens with zero attached hydrogens (tertiary/aromatic N) is 2. The highest BCUT2D eigenvalue weighted by Gasteiger charge is 2.25. The minimum atomic E-state index is -3.58. The SMILES string of the molecule is Cc1nn(-c2ccccc2)c(C)c1S(=O)(=O)NCC[C@H]1CCCOC1. The van der Waals surface area contributed by atoms with E-state index >= 15 is 0 Å². The van der Waals surface area contributed by atoms with Gasteiger partial charge in [-0.15, -0.1) is 0 Å². The Balaban J connectivity index is 1.74. The summed E-state index contributed by atoms with van der Waals surface area (Å²) in [5.41, 5.74) is 1.98. The third-order valence-electron chi connectivity index (χ3n) is 4.59. The molecular weight excluding hydrogens is 338 g/mol. The Bertz CT molecular complexity index is 810. The van der Waals surface area contributed by atoms with Crippen LogP contribution in [0, 0.1) is 19.8 Å². The van der Waals surface area contributed by atoms with Crippen LogP contribution in [-0.4, -0.2) is 38.0 Å². The summed E-state index contributed by atoms with van der Waals surface area (Å²) in [5, 5.41) is 4.42. The second-order valence-corrected chi connectivity index (χ2v) is 8.22. The van der Waals surface area contributed by atoms with Crippen LogP contribution in [-0.2, 0) is 14.8 Å². The van der Waals surface area contributed by atoms with Crippen molar-refractivity contribution in [1.82, 2.24) is 14.5 Å². The van der Waals surface area contributed by atoms with Crippen LogP contribution in [0.25, 0.3) is 5.69 Å². The molecule has 0 spiro atoms. The molecular formula is C18H25N3O3S. The summed E-state index contributed by atoms with van der Waals surface area (Å²) in [4.78, 5) is 0.274. The van der Waals surface area contributed by atoms with Crippen molar-refractivity contribution in [3.8, 4) is 5.69 Å². The average Bonchev–Trinajstić information content (AvgIpc) is 2.91. The van der Waals surface area contributed by atoms with Crippen LogP contribution in [0.1, 0.15) is 30.7 Å². The van der Waals surface area contributed by atoms with Gasteiger partial charge in [-0.1, -0.05) is 18.2 Å². The zero-order chi connectivity index (χ0) is 17.9. The van der Waals surface area contributed by atoms with Crippen LogP contribution in [0.2, 0.25) is 0 Å². The van der Waals surface area contributed by atoms with Crippen LogP contribution in [0.5, 0.6) is 0 Å². The van der Waals surface area contributed by atoms with Gasteiger partial charge in [-0.2, -0.15) is 5.10 Å². The molecule has 1 saturated heterocycles. The Kier molecular flexibility index (Phi) is 5.56. The lowest BCUT2D eigenvalue weighted by atomic mass is 9.99. The molecule has 2 heterocycles. The van der Waals surface area contributed by atoms with Crippen LogP contribution >= 0.6 is 0 Å². The normalized spacial score (nSPS) is 18.4. The first kappa shape index (κ1) is 18.1. The fraction of sp³-hybridized carbons (Fsp3) is 0.500. The third kappa shape index (κ3) is 4.11. The largest absolute Gasteiger partial charge is 0.381 e. The molecule has 25 heavy (non-hydrogen) atoms. The number of para-hydroxylation sites is 1. The molecule has 0 radical (unpaired) electrons. The molecule has 3 rings (SSSR count). The molecule has 1 aliphatic rings. The maximum atomic E-state index is 12.8. The molecule has 1 aliphatic heterocycles. The van der Waals surface area contributed by atoms with E-state index in [1.807, 2.05) is 30.3 Å². The molecule has 1 aromatic carbocycles. The highest BCUT2D eigenvalue weighted by molar-refractivity contribution is 7.89. The predicted octanol–water partition coefficient (Wildman–Crippen LogP) is 2.58. The Morgan fingerprint density at radius 1 is 1.28 bits per heavy atom. The lowest BCUT2D eigenvalue weighted by Gasteiger charge is -2.21. The van der Waals surface area contributed by atoms with Crippen molar-refractivity contribution in [2.45, 2.75) is 38.0 Å². The van der Waals surface area contributed by atoms with Gasteiger partial charge in [0, 0.05) is 19.8 Å². The third-order valence-corrected chi connectivity index (χ3v) is 6.31. The van der Waals surface area contributed by atoms with Crippen LogP contribution in [0.3, 0.4) is 0 Å². The minimum absolute atomic E-state index is 0.274. The summed E-state index contributed by atoms with van der Waals surface area (Å²) in [5.74, 6) is 0.436. The number of rotatable bonds is 6. The standard InChI is InChI=1S/C18H25N3O3S/c1-14-18(15(2)21(20-14)17-8-4-3-5-9-17)25(22,23)19-11-10-16-7-6-12-24-13-16/h3-5,8-9,16,19H,6-7,10-13H2,1-2H3/t16-/m1/s1. The van der Waals surface area contributed by atoms with Gasteiger partial charge in [0.05, 0.1) is 17.1 Å². The summed E-state index contributed by atoms with van der Waals surface area (Å²) in [6, 6.07) is 9.55. The van der Waals surface area contributed by atoms with E-state index in [0.717, 1.165) is 38.2 Å². The molecule has 1 atom stereocenters. The van der Waals surface area contributed by atoms with Crippen molar-refractivity contribution in [3.05, 3.63) is 41.7 Å². The van der Waals surface area contributed by atoms with E-state index < -0.39 is 10.0 Å². The van der Waals surface area contributed by atoms with E-state index in [4.69, 9.17) is 4.74 Å². The number of aryl methyl sites for hydroxylation is 1. The number of nitrogens with one attached hydrogen (secondary N) is 1. The molecule has 0 amide bonds. The lowest BCUT2D eigenvalue weighted by Crippen LogP contribution is -2.29. The van der Waals surface area contributed by atoms with Gasteiger partial charge in [-0.3, -0.25) is 0 Å². The quantitative estimate of drug-likeness (QED) is 0.856. The number of ether oxygens (including phenoxy) is 1. The summed E-state index contributed by atoms with van der Waals surface area (Å²) < 4.78 is 35.4. The topological polar surface area (TPSA) is 73.2 Å². The lowest BCUT2D eigenvalue weighted by molar-refractivity contribution is 0.0523. The smallest absolute Gasteiger partial charge is 0.244 e. The van der Waals surface area contributed by atoms with Crippen molar-refractivity contribution < 1.29 is 13.2 Å². The first-order chi connectivity index (χ1) is 12.0. The number of aromatic nitrogens is 2. The monoisotopic (exact) mass is 363 g/mol. The predicted molar refractivity (Wildman–Crippen MR) is 96.4 cm³/mol. The van der Waals surface area contributed by atoms with Gasteiger partial charge in [-0.05, 0) is 51.2 Å². The molecule has 2 aromatic rings. The maximum absolute atomic E-state index is 12.8. The van der Waals surface area contributed by atoms with Crippen LogP contribution < -0.4 is 4.72 Å². The molecule has 1 N–H and O–H groups in total. The number of sulfonamides is 1. The van der Waals surface area contributed by atoms with Gasteiger partial charge in [0.15, 0.2) is 0 Å². The van der Waals surface area contributed by atoms with Crippen LogP contribution in [0.4, 0.5) is 0 Å². The number of hydrogen-bond acceptors (Lipinski definition) is 4. The molecule has 136 valence electrons. The van der Waals surface area contributed by atoms with Crippen molar-refractivity contribution in [3.63, 3.8) is 0 Å². The fourth-order valence-electron chi connectivity index (χ4n) is 3.34. The van der Waals surface area contributed by atoms with E-state index in [0.29, 0.717) is 23.9 Å². The maximum Gasteiger partial charge on any atom is 0.244 e. The molecule has 0 aliphatic carbocycles. The van der Waals surface area contributed by atoms with Gasteiger partial charge in [-0.25, -0.2) is 17.8 Å². The Labute approximate surface area is 149 Å². The summed E-state index contributed by atoms with van der Waals surface area (Å²) in [7, 11) is -3.58. The van der Waals surface area contributed by atoms with E-state index in [1.54, 1.807) is 18.5 Å². The second-order valence-electron chi connectivity index (χ2n) is 6.52. The van der Waals surface area contributed by atoms with Crippen LogP contribution in [0.15, 0.2) is 35.2 Å². The van der Waals surface area contributed by atoms with Gasteiger partial charge in [0.1, 0.15) is 4.90 Å². The Morgan fingerprint density at radius 3 is 2.72 bits per heavy atom. The van der Waals surface area contributed by atoms with Crippen molar-refractivity contribution in [2.24, 2.45) is 5.92 Å². The van der Waals surface area contributed by atoms with Crippen molar-refractivity contribution in [2.75, 3.05) is 19.8 Å². The summed E-state index contributed by atoms with van der Waals surface area (Å²) in [6.45, 7) is 5.49. The zero-order valence-electron chi connectivity index (χ0n) is 14.7. The average molecular weight is 363 g/mol. The second kappa shape index (κ2) is 7.68. The Hall–Kier alpha value is -1.70. The Morgan fingerprint density at radius 2 is 2.04 bits per heavy atom. The van der Waals surface area contributed by atoms with E-state index in [2.05, 4.69) is 9.82 Å². The molecule has 0 saturated carbocycles. The molecule has 7 heteroatoms. The summed E-state index contributed by atoms with van der Waals surface area (Å²) >= 11 is 0. The van der Waals surface area contributed by atoms with Crippen molar-refractivity contribution >= 4 is 10.0 Å². The molecule has 6 nitrogen and oxygen atoms in total. The highest BCUT2D eigenvalue weighted by atomic mass is 32.2. The zero-order valence-corrected chi connectivity index (χ0v) is 15.6. The van der Waals surface area contributed by atoms with Crippen molar-refractivity contribution in [1.29, 1.82) is 0 Å². The van der Waals surface area contributed by atoms with E-state index in [-0.39, 0.29) is 4.90 Å². The highest BCUT2D eigenvalue weighted by Crippen LogP contribution is 2.23. The van der Waals surface area contributed by atoms with Gasteiger partial charge < -0.3 is 4.74 Å². The fourth-order valence-corrected chi connectivity index (χ4v) is 4.78. The van der Waals surface area contributed by atoms with E-state index in [9.17, 15) is 8.42 Å². The minimum Gasteiger partial charge on any atom is -0.381 e. The molecule has 1 fully saturated rings. The first-order valence-electron chi connectivity index (χ1n) is 8.68. The van der Waals surface area contributed by atoms with Gasteiger partial charge in [0.2, 0.25) is 10.0 Å². The summed E-state index contributed by atoms with van der Waals surface area (Å²) in [6.07, 6.45) is 2.95. The van der Waals surface area contributed by atoms with Gasteiger partial charge >= 0.3 is 0 Å². The number of benzene rings is 1. The van der Waals surface area contributed by atoms with E-state index in [1.165, 1.54) is 0 Å². The first-order valence-corrected chi connectivity index (χ1v) is 10.2. The molecule has 0 bridgehead atoms. The molecule has 0 unspecified atom stereocenters. The number of hydrogen-bond donors (Lipinski definition) is 1. The molecule has 1 aromatic heterocycles. The van der Waals surface area contributed by atoms with Gasteiger partial charge in [0.25, 0.3) is 0 Å².